The Kier molecular flexibility index (Phi) is 5.31. The van der Waals surface area contributed by atoms with E-state index < -0.39 is 16.6 Å². The number of amides is 1. The monoisotopic (exact) mass is 334 g/mol. The molecule has 8 heteroatoms. The minimum absolute atomic E-state index is 0.0985. The molecule has 126 valence electrons. The summed E-state index contributed by atoms with van der Waals surface area (Å²) in [5.41, 5.74) is -0.0378. The molecule has 7 nitrogen and oxygen atoms in total. The number of nitrogens with one attached hydrogen (secondary N) is 1. The maximum atomic E-state index is 13.7. The van der Waals surface area contributed by atoms with E-state index >= 15 is 0 Å². The predicted octanol–water partition coefficient (Wildman–Crippen LogP) is 2.68. The van der Waals surface area contributed by atoms with Crippen LogP contribution in [0.15, 0.2) is 36.4 Å². The minimum atomic E-state index is -0.828. The van der Waals surface area contributed by atoms with Crippen LogP contribution < -0.4 is 14.8 Å². The van der Waals surface area contributed by atoms with E-state index in [0.29, 0.717) is 17.1 Å². The zero-order chi connectivity index (χ0) is 17.7. The molecule has 0 aromatic heterocycles. The molecule has 0 aliphatic rings. The third kappa shape index (κ3) is 3.78. The lowest BCUT2D eigenvalue weighted by Gasteiger charge is -2.10. The zero-order valence-electron chi connectivity index (χ0n) is 13.0. The third-order valence-corrected chi connectivity index (χ3v) is 3.31. The fourth-order valence-electron chi connectivity index (χ4n) is 2.07. The quantitative estimate of drug-likeness (QED) is 0.648. The number of methoxy groups -OCH3 is 2. The lowest BCUT2D eigenvalue weighted by atomic mass is 10.1. The molecule has 1 amide bonds. The van der Waals surface area contributed by atoms with Crippen LogP contribution in [0.3, 0.4) is 0 Å². The van der Waals surface area contributed by atoms with Crippen molar-refractivity contribution in [1.82, 2.24) is 5.32 Å². The maximum absolute atomic E-state index is 13.7. The van der Waals surface area contributed by atoms with Crippen LogP contribution in [0.25, 0.3) is 0 Å². The second-order valence-corrected chi connectivity index (χ2v) is 4.79. The summed E-state index contributed by atoms with van der Waals surface area (Å²) in [7, 11) is 2.99. The fraction of sp³-hybridized carbons (Fsp3) is 0.188. The first-order valence-electron chi connectivity index (χ1n) is 6.89. The van der Waals surface area contributed by atoms with Crippen LogP contribution in [0.1, 0.15) is 15.9 Å². The van der Waals surface area contributed by atoms with Gasteiger partial charge in [0.2, 0.25) is 0 Å². The Labute approximate surface area is 137 Å². The molecule has 0 aliphatic carbocycles. The molecule has 2 rings (SSSR count). The van der Waals surface area contributed by atoms with Crippen molar-refractivity contribution < 1.29 is 23.6 Å². The molecule has 2 aromatic rings. The molecular formula is C16H15FN2O5. The Balaban J connectivity index is 2.13. The van der Waals surface area contributed by atoms with Gasteiger partial charge in [0.1, 0.15) is 5.82 Å². The van der Waals surface area contributed by atoms with E-state index in [1.54, 1.807) is 18.2 Å². The van der Waals surface area contributed by atoms with Gasteiger partial charge in [-0.15, -0.1) is 0 Å². The van der Waals surface area contributed by atoms with Gasteiger partial charge < -0.3 is 14.8 Å². The van der Waals surface area contributed by atoms with Crippen LogP contribution in [-0.2, 0) is 6.54 Å². The predicted molar refractivity (Wildman–Crippen MR) is 83.8 cm³/mol. The Morgan fingerprint density at radius 2 is 1.88 bits per heavy atom. The largest absolute Gasteiger partial charge is 0.493 e. The van der Waals surface area contributed by atoms with Crippen molar-refractivity contribution in [2.24, 2.45) is 0 Å². The van der Waals surface area contributed by atoms with E-state index in [2.05, 4.69) is 5.32 Å². The molecule has 0 aliphatic heterocycles. The fourth-order valence-corrected chi connectivity index (χ4v) is 2.07. The number of nitro groups is 1. The third-order valence-electron chi connectivity index (χ3n) is 3.31. The van der Waals surface area contributed by atoms with E-state index in [1.807, 2.05) is 0 Å². The van der Waals surface area contributed by atoms with Crippen molar-refractivity contribution in [1.29, 1.82) is 0 Å². The van der Waals surface area contributed by atoms with Gasteiger partial charge in [-0.3, -0.25) is 14.9 Å². The Morgan fingerprint density at radius 1 is 1.17 bits per heavy atom. The Hall–Kier alpha value is -3.16. The molecule has 0 unspecified atom stereocenters. The van der Waals surface area contributed by atoms with E-state index in [9.17, 15) is 19.3 Å². The van der Waals surface area contributed by atoms with Crippen LogP contribution >= 0.6 is 0 Å². The van der Waals surface area contributed by atoms with Crippen molar-refractivity contribution in [2.75, 3.05) is 14.2 Å². The molecule has 2 aromatic carbocycles. The van der Waals surface area contributed by atoms with E-state index in [-0.39, 0.29) is 17.8 Å². The zero-order valence-corrected chi connectivity index (χ0v) is 13.0. The van der Waals surface area contributed by atoms with Crippen molar-refractivity contribution in [3.8, 4) is 11.5 Å². The smallest absolute Gasteiger partial charge is 0.270 e. The summed E-state index contributed by atoms with van der Waals surface area (Å²) >= 11 is 0. The number of non-ortho nitro benzene ring substituents is 1. The van der Waals surface area contributed by atoms with Gasteiger partial charge in [0.25, 0.3) is 11.6 Å². The van der Waals surface area contributed by atoms with Gasteiger partial charge in [0, 0.05) is 18.7 Å². The highest BCUT2D eigenvalue weighted by atomic mass is 19.1. The number of nitro benzene ring substituents is 1. The lowest BCUT2D eigenvalue weighted by molar-refractivity contribution is -0.384. The van der Waals surface area contributed by atoms with Crippen LogP contribution in [0, 0.1) is 15.9 Å². The van der Waals surface area contributed by atoms with Crippen molar-refractivity contribution in [2.45, 2.75) is 6.54 Å². The molecule has 0 saturated heterocycles. The molecular weight excluding hydrogens is 319 g/mol. The number of carbonyl (C=O) groups is 1. The van der Waals surface area contributed by atoms with Gasteiger partial charge in [-0.1, -0.05) is 6.07 Å². The van der Waals surface area contributed by atoms with Gasteiger partial charge in [0.05, 0.1) is 24.7 Å². The van der Waals surface area contributed by atoms with Gasteiger partial charge in [-0.2, -0.15) is 0 Å². The molecule has 1 N–H and O–H groups in total. The summed E-state index contributed by atoms with van der Waals surface area (Å²) in [6, 6.07) is 7.85. The van der Waals surface area contributed by atoms with Crippen LogP contribution in [0.5, 0.6) is 11.5 Å². The second kappa shape index (κ2) is 7.40. The summed E-state index contributed by atoms with van der Waals surface area (Å²) in [5.74, 6) is -0.542. The van der Waals surface area contributed by atoms with Crippen LogP contribution in [0.2, 0.25) is 0 Å². The van der Waals surface area contributed by atoms with Crippen molar-refractivity contribution in [3.05, 3.63) is 63.5 Å². The van der Waals surface area contributed by atoms with Crippen LogP contribution in [-0.4, -0.2) is 25.1 Å². The van der Waals surface area contributed by atoms with E-state index in [4.69, 9.17) is 9.47 Å². The number of rotatable bonds is 6. The van der Waals surface area contributed by atoms with Crippen LogP contribution in [0.4, 0.5) is 10.1 Å². The standard InChI is InChI=1S/C16H15FN2O5/c1-23-14-6-3-10(7-15(14)24-2)9-18-16(20)12-8-11(19(21)22)4-5-13(12)17/h3-8H,9H2,1-2H3,(H,18,20). The molecule has 0 heterocycles. The summed E-state index contributed by atoms with van der Waals surface area (Å²) in [6.07, 6.45) is 0. The second-order valence-electron chi connectivity index (χ2n) is 4.79. The lowest BCUT2D eigenvalue weighted by Crippen LogP contribution is -2.24. The molecule has 24 heavy (non-hydrogen) atoms. The summed E-state index contributed by atoms with van der Waals surface area (Å²) in [6.45, 7) is 0.0985. The number of hydrogen-bond donors (Lipinski definition) is 1. The number of hydrogen-bond acceptors (Lipinski definition) is 5. The Bertz CT molecular complexity index is 779. The van der Waals surface area contributed by atoms with Gasteiger partial charge in [-0.05, 0) is 23.8 Å². The van der Waals surface area contributed by atoms with Crippen molar-refractivity contribution in [3.63, 3.8) is 0 Å². The SMILES string of the molecule is COc1ccc(CNC(=O)c2cc([N+](=O)[O-])ccc2F)cc1OC. The highest BCUT2D eigenvalue weighted by Crippen LogP contribution is 2.27. The minimum Gasteiger partial charge on any atom is -0.493 e. The topological polar surface area (TPSA) is 90.7 Å². The highest BCUT2D eigenvalue weighted by Gasteiger charge is 2.17. The van der Waals surface area contributed by atoms with Crippen molar-refractivity contribution >= 4 is 11.6 Å². The summed E-state index contributed by atoms with van der Waals surface area (Å²) in [5, 5.41) is 13.2. The number of carbonyl (C=O) groups excluding carboxylic acids is 1. The molecule has 0 fully saturated rings. The normalized spacial score (nSPS) is 10.1. The first-order valence-corrected chi connectivity index (χ1v) is 6.89. The first-order chi connectivity index (χ1) is 11.5. The first kappa shape index (κ1) is 17.2. The summed E-state index contributed by atoms with van der Waals surface area (Å²) in [4.78, 5) is 22.1. The molecule has 0 bridgehead atoms. The highest BCUT2D eigenvalue weighted by molar-refractivity contribution is 5.95. The van der Waals surface area contributed by atoms with E-state index in [1.165, 1.54) is 14.2 Å². The molecule has 0 saturated carbocycles. The number of halogens is 1. The maximum Gasteiger partial charge on any atom is 0.270 e. The van der Waals surface area contributed by atoms with Gasteiger partial charge >= 0.3 is 0 Å². The molecule has 0 atom stereocenters. The van der Waals surface area contributed by atoms with Gasteiger partial charge in [0.15, 0.2) is 11.5 Å². The number of nitrogens with zero attached hydrogens (tertiary/aromatic N) is 1. The molecule has 0 radical (unpaired) electrons. The number of benzene rings is 2. The van der Waals surface area contributed by atoms with E-state index in [0.717, 1.165) is 18.2 Å². The Morgan fingerprint density at radius 3 is 2.50 bits per heavy atom. The average Bonchev–Trinajstić information content (AvgIpc) is 2.59. The number of ether oxygens (including phenoxy) is 2. The van der Waals surface area contributed by atoms with Gasteiger partial charge in [-0.25, -0.2) is 4.39 Å². The average molecular weight is 334 g/mol. The molecule has 0 spiro atoms. The summed E-state index contributed by atoms with van der Waals surface area (Å²) < 4.78 is 24.0.